The molecule has 0 aromatic carbocycles. The van der Waals surface area contributed by atoms with Crippen molar-refractivity contribution in [2.24, 2.45) is 0 Å². The van der Waals surface area contributed by atoms with Crippen LogP contribution in [0.4, 0.5) is 5.82 Å². The first kappa shape index (κ1) is 16.4. The average Bonchev–Trinajstić information content (AvgIpc) is 2.97. The molecule has 124 valence electrons. The number of likely N-dealkylation sites (N-methyl/N-ethyl adjacent to an activating group) is 1. The molecule has 3 heterocycles. The highest BCUT2D eigenvalue weighted by Crippen LogP contribution is 2.22. The lowest BCUT2D eigenvalue weighted by Gasteiger charge is -2.08. The van der Waals surface area contributed by atoms with E-state index in [4.69, 9.17) is 23.2 Å². The molecule has 0 atom stereocenters. The number of pyridine rings is 2. The number of anilines is 1. The Balaban J connectivity index is 1.88. The fourth-order valence-corrected chi connectivity index (χ4v) is 2.33. The molecule has 24 heavy (non-hydrogen) atoms. The molecule has 10 heteroatoms. The fraction of sp³-hybridized carbons (Fsp3) is 0.214. The monoisotopic (exact) mass is 365 g/mol. The second-order valence-electron chi connectivity index (χ2n) is 4.81. The Morgan fingerprint density at radius 3 is 2.83 bits per heavy atom. The number of aromatic nitrogens is 5. The summed E-state index contributed by atoms with van der Waals surface area (Å²) >= 11 is 12.1. The molecular weight excluding hydrogens is 353 g/mol. The average molecular weight is 366 g/mol. The second kappa shape index (κ2) is 6.98. The van der Waals surface area contributed by atoms with Gasteiger partial charge in [0.1, 0.15) is 17.0 Å². The van der Waals surface area contributed by atoms with E-state index >= 15 is 0 Å². The third-order valence-electron chi connectivity index (χ3n) is 3.06. The smallest absolute Gasteiger partial charge is 0.239 e. The van der Waals surface area contributed by atoms with Crippen LogP contribution in [0, 0.1) is 0 Å². The SMILES string of the molecule is CCNC(=O)CNc1cc(-n2nc3cc(Cl)cnc3n2)c(Cl)cn1. The van der Waals surface area contributed by atoms with E-state index in [1.807, 2.05) is 6.92 Å². The normalized spacial score (nSPS) is 10.8. The van der Waals surface area contributed by atoms with E-state index in [1.54, 1.807) is 12.1 Å². The minimum Gasteiger partial charge on any atom is -0.361 e. The Morgan fingerprint density at radius 2 is 2.04 bits per heavy atom. The van der Waals surface area contributed by atoms with Crippen LogP contribution in [0.1, 0.15) is 6.92 Å². The number of rotatable bonds is 5. The largest absolute Gasteiger partial charge is 0.361 e. The topological polar surface area (TPSA) is 97.6 Å². The predicted octanol–water partition coefficient (Wildman–Crippen LogP) is 2.07. The molecule has 0 aliphatic rings. The van der Waals surface area contributed by atoms with Gasteiger partial charge in [0.25, 0.3) is 0 Å². The van der Waals surface area contributed by atoms with Crippen molar-refractivity contribution in [3.8, 4) is 5.69 Å². The molecular formula is C14H13Cl2N7O. The van der Waals surface area contributed by atoms with Crippen LogP contribution in [0.3, 0.4) is 0 Å². The van der Waals surface area contributed by atoms with Crippen LogP contribution in [-0.4, -0.2) is 44.0 Å². The number of carbonyl (C=O) groups is 1. The first-order valence-electron chi connectivity index (χ1n) is 7.12. The molecule has 0 aliphatic heterocycles. The van der Waals surface area contributed by atoms with E-state index in [0.717, 1.165) is 0 Å². The maximum Gasteiger partial charge on any atom is 0.239 e. The van der Waals surface area contributed by atoms with Crippen molar-refractivity contribution in [1.29, 1.82) is 0 Å². The van der Waals surface area contributed by atoms with Gasteiger partial charge in [0.2, 0.25) is 11.6 Å². The van der Waals surface area contributed by atoms with E-state index in [1.165, 1.54) is 17.2 Å². The van der Waals surface area contributed by atoms with Crippen LogP contribution in [0.2, 0.25) is 10.0 Å². The van der Waals surface area contributed by atoms with Crippen molar-refractivity contribution in [1.82, 2.24) is 30.3 Å². The second-order valence-corrected chi connectivity index (χ2v) is 5.66. The highest BCUT2D eigenvalue weighted by atomic mass is 35.5. The Kier molecular flexibility index (Phi) is 4.77. The highest BCUT2D eigenvalue weighted by molar-refractivity contribution is 6.32. The van der Waals surface area contributed by atoms with Gasteiger partial charge in [-0.15, -0.1) is 15.0 Å². The van der Waals surface area contributed by atoms with E-state index in [9.17, 15) is 4.79 Å². The van der Waals surface area contributed by atoms with E-state index < -0.39 is 0 Å². The van der Waals surface area contributed by atoms with E-state index in [0.29, 0.717) is 39.3 Å². The van der Waals surface area contributed by atoms with Crippen molar-refractivity contribution in [2.45, 2.75) is 6.92 Å². The zero-order valence-electron chi connectivity index (χ0n) is 12.6. The van der Waals surface area contributed by atoms with Crippen molar-refractivity contribution in [2.75, 3.05) is 18.4 Å². The minimum absolute atomic E-state index is 0.105. The molecule has 0 radical (unpaired) electrons. The quantitative estimate of drug-likeness (QED) is 0.718. The van der Waals surface area contributed by atoms with Crippen LogP contribution < -0.4 is 10.6 Å². The van der Waals surface area contributed by atoms with Crippen LogP contribution >= 0.6 is 23.2 Å². The van der Waals surface area contributed by atoms with Gasteiger partial charge in [-0.2, -0.15) is 0 Å². The lowest BCUT2D eigenvalue weighted by Crippen LogP contribution is -2.29. The molecule has 0 saturated heterocycles. The van der Waals surface area contributed by atoms with Crippen LogP contribution in [-0.2, 0) is 4.79 Å². The molecule has 0 bridgehead atoms. The van der Waals surface area contributed by atoms with Crippen molar-refractivity contribution < 1.29 is 4.79 Å². The Labute approximate surface area is 147 Å². The summed E-state index contributed by atoms with van der Waals surface area (Å²) in [6.07, 6.45) is 2.96. The predicted molar refractivity (Wildman–Crippen MR) is 91.6 cm³/mol. The van der Waals surface area contributed by atoms with Gasteiger partial charge in [-0.25, -0.2) is 9.97 Å². The number of hydrogen-bond acceptors (Lipinski definition) is 6. The van der Waals surface area contributed by atoms with Crippen molar-refractivity contribution in [3.05, 3.63) is 34.6 Å². The summed E-state index contributed by atoms with van der Waals surface area (Å²) in [6.45, 7) is 2.53. The molecule has 2 N–H and O–H groups in total. The maximum atomic E-state index is 11.5. The van der Waals surface area contributed by atoms with Gasteiger partial charge in [-0.1, -0.05) is 23.2 Å². The fourth-order valence-electron chi connectivity index (χ4n) is 2.00. The maximum absolute atomic E-state index is 11.5. The third-order valence-corrected chi connectivity index (χ3v) is 3.56. The lowest BCUT2D eigenvalue weighted by molar-refractivity contribution is -0.119. The zero-order chi connectivity index (χ0) is 17.1. The van der Waals surface area contributed by atoms with E-state index in [-0.39, 0.29) is 12.5 Å². The number of amides is 1. The summed E-state index contributed by atoms with van der Waals surface area (Å²) in [5.74, 6) is 0.352. The van der Waals surface area contributed by atoms with Crippen LogP contribution in [0.25, 0.3) is 16.9 Å². The standard InChI is InChI=1S/C14H13Cl2N7O/c1-2-17-13(24)7-19-12-4-11(9(16)6-18-12)23-21-10-3-8(15)5-20-14(10)22-23/h3-6H,2,7H2,1H3,(H,17,24)(H,18,19). The molecule has 3 aromatic rings. The van der Waals surface area contributed by atoms with Crippen molar-refractivity contribution in [3.63, 3.8) is 0 Å². The molecule has 0 aliphatic carbocycles. The van der Waals surface area contributed by atoms with E-state index in [2.05, 4.69) is 30.8 Å². The van der Waals surface area contributed by atoms with Gasteiger partial charge in [-0.3, -0.25) is 4.79 Å². The molecule has 0 spiro atoms. The van der Waals surface area contributed by atoms with Gasteiger partial charge >= 0.3 is 0 Å². The molecule has 8 nitrogen and oxygen atoms in total. The summed E-state index contributed by atoms with van der Waals surface area (Å²) in [4.78, 5) is 21.1. The van der Waals surface area contributed by atoms with Gasteiger partial charge in [0.05, 0.1) is 22.8 Å². The Morgan fingerprint density at radius 1 is 1.21 bits per heavy atom. The highest BCUT2D eigenvalue weighted by Gasteiger charge is 2.11. The summed E-state index contributed by atoms with van der Waals surface area (Å²) in [5, 5.41) is 15.0. The van der Waals surface area contributed by atoms with Gasteiger partial charge in [-0.05, 0) is 13.0 Å². The zero-order valence-corrected chi connectivity index (χ0v) is 14.1. The summed E-state index contributed by atoms with van der Waals surface area (Å²) in [7, 11) is 0. The molecule has 3 aromatic heterocycles. The van der Waals surface area contributed by atoms with Crippen LogP contribution in [0.15, 0.2) is 24.5 Å². The summed E-state index contributed by atoms with van der Waals surface area (Å²) in [6, 6.07) is 3.32. The molecule has 1 amide bonds. The number of hydrogen-bond donors (Lipinski definition) is 2. The van der Waals surface area contributed by atoms with Crippen molar-refractivity contribution >= 4 is 46.1 Å². The number of nitrogens with one attached hydrogen (secondary N) is 2. The number of carbonyl (C=O) groups excluding carboxylic acids is 1. The molecule has 3 rings (SSSR count). The van der Waals surface area contributed by atoms with Crippen LogP contribution in [0.5, 0.6) is 0 Å². The Bertz CT molecular complexity index is 896. The summed E-state index contributed by atoms with van der Waals surface area (Å²) < 4.78 is 0. The third kappa shape index (κ3) is 3.55. The minimum atomic E-state index is -0.127. The number of halogens is 2. The summed E-state index contributed by atoms with van der Waals surface area (Å²) in [5.41, 5.74) is 1.51. The number of nitrogens with zero attached hydrogens (tertiary/aromatic N) is 5. The lowest BCUT2D eigenvalue weighted by atomic mass is 10.4. The first-order chi connectivity index (χ1) is 11.6. The first-order valence-corrected chi connectivity index (χ1v) is 7.87. The van der Waals surface area contributed by atoms with Gasteiger partial charge in [0, 0.05) is 18.8 Å². The molecule has 0 fully saturated rings. The molecule has 0 unspecified atom stereocenters. The van der Waals surface area contributed by atoms with Gasteiger partial charge < -0.3 is 10.6 Å². The number of fused-ring (bicyclic) bond motifs is 1. The Hall–Kier alpha value is -2.45. The molecule has 0 saturated carbocycles. The van der Waals surface area contributed by atoms with Gasteiger partial charge in [0.15, 0.2) is 0 Å².